The van der Waals surface area contributed by atoms with Crippen LogP contribution in [0.5, 0.6) is 40.2 Å². The van der Waals surface area contributed by atoms with Gasteiger partial charge in [0.1, 0.15) is 73.3 Å². The van der Waals surface area contributed by atoms with Crippen LogP contribution in [0.1, 0.15) is 95.5 Å². The highest BCUT2D eigenvalue weighted by Crippen LogP contribution is 2.31. The number of nitrogens with zero attached hydrogens (tertiary/aromatic N) is 5. The molecule has 0 radical (unpaired) electrons. The lowest BCUT2D eigenvalue weighted by Gasteiger charge is -2.14. The molecular weight excluding hydrogens is 1720 g/mol. The Morgan fingerprint density at radius 1 is 0.291 bits per heavy atom. The van der Waals surface area contributed by atoms with E-state index in [4.69, 9.17) is 60.1 Å². The SMILES string of the molecule is Cc1c(Cl)cccc1COc1ccccc1C(=O)Nc1cccnc1.O=C(Nc1cccnc1)c1ccccc1OCc1cccc2ccccc12.O=C(O)COc1cccc(COc2ccccc2C(=O)Nc2cccnc2)c1.O=C(O)COc1ccccc1COc1ccccc1C(=O)Nc1cccnc1.O=C(O)c1ccc(COc2ccccc2C(=O)Nc2cccnc2)cc1. The van der Waals surface area contributed by atoms with E-state index in [-0.39, 0.29) is 54.9 Å². The molecule has 134 heavy (non-hydrogen) atoms. The summed E-state index contributed by atoms with van der Waals surface area (Å²) in [6.07, 6.45) is 16.1. The van der Waals surface area contributed by atoms with Gasteiger partial charge in [0.25, 0.3) is 29.5 Å². The Morgan fingerprint density at radius 3 is 1.01 bits per heavy atom. The van der Waals surface area contributed by atoms with E-state index < -0.39 is 31.1 Å². The summed E-state index contributed by atoms with van der Waals surface area (Å²) in [4.78, 5) is 115. The number of aromatic nitrogens is 5. The molecule has 0 atom stereocenters. The van der Waals surface area contributed by atoms with Crippen LogP contribution < -0.4 is 59.7 Å². The molecule has 5 heterocycles. The van der Waals surface area contributed by atoms with Crippen LogP contribution in [0.2, 0.25) is 5.02 Å². The molecule has 16 aromatic rings. The van der Waals surface area contributed by atoms with E-state index in [0.29, 0.717) is 120 Å². The second kappa shape index (κ2) is 50.0. The standard InChI is InChI=1S/C23H18N2O2.2C21H18N2O5.C20H17ClN2O2.C20H16N2O4/c26-23(25-19-10-6-14-24-15-19)21-12-3-4-13-22(21)27-16-18-9-5-8-17-7-1-2-11-20(17)18;24-20(25)14-28-18-9-3-1-6-15(18)13-27-19-10-4-2-8-17(19)21(26)23-16-7-5-11-22-12-16;24-20(25)14-27-17-7-3-5-15(11-17)13-28-19-9-2-1-8-18(19)21(26)23-16-6-4-10-22-12-16;1-14-15(6-4-9-18(14)21)13-25-19-10-3-2-8-17(19)20(24)23-16-7-5-11-22-12-16;23-19(22-16-4-3-11-21-12-16)17-5-1-2-6-18(17)26-13-14-7-9-15(10-8-14)20(24)25/h1-15H,16H2,(H,25,26);2*1-12H,13-14H2,(H,23,26)(H,24,25);2-12H,13H2,1H3,(H,23,24);1-12H,13H2,(H,22,23)(H,24,25). The number of amides is 5. The fraction of sp³-hybridized carbons (Fsp3) is 0.0762. The molecule has 0 saturated heterocycles. The van der Waals surface area contributed by atoms with Crippen LogP contribution >= 0.6 is 11.6 Å². The third-order valence-electron chi connectivity index (χ3n) is 19.2. The first-order valence-electron chi connectivity index (χ1n) is 41.4. The van der Waals surface area contributed by atoms with E-state index >= 15 is 0 Å². The van der Waals surface area contributed by atoms with Gasteiger partial charge in [0, 0.05) is 41.6 Å². The van der Waals surface area contributed by atoms with Gasteiger partial charge in [-0.15, -0.1) is 0 Å². The topological polar surface area (TPSA) is 386 Å². The number of benzene rings is 11. The summed E-state index contributed by atoms with van der Waals surface area (Å²) in [5.74, 6) is -1.28. The zero-order chi connectivity index (χ0) is 94.0. The van der Waals surface area contributed by atoms with Crippen molar-refractivity contribution in [2.75, 3.05) is 39.8 Å². The van der Waals surface area contributed by atoms with Crippen LogP contribution in [0, 0.1) is 6.92 Å². The van der Waals surface area contributed by atoms with Gasteiger partial charge in [0.05, 0.1) is 92.8 Å². The summed E-state index contributed by atoms with van der Waals surface area (Å²) in [5, 5.41) is 43.4. The lowest BCUT2D eigenvalue weighted by atomic mass is 10.1. The predicted octanol–water partition coefficient (Wildman–Crippen LogP) is 20.3. The Kier molecular flexibility index (Phi) is 35.5. The summed E-state index contributed by atoms with van der Waals surface area (Å²) in [5.41, 5.74) is 10.7. The average molecular weight is 1810 g/mol. The maximum absolute atomic E-state index is 12.6. The van der Waals surface area contributed by atoms with Crippen molar-refractivity contribution < 1.29 is 86.8 Å². The first-order valence-corrected chi connectivity index (χ1v) is 41.8. The molecule has 0 saturated carbocycles. The molecule has 0 aliphatic rings. The molecule has 8 N–H and O–H groups in total. The normalized spacial score (nSPS) is 10.3. The third-order valence-corrected chi connectivity index (χ3v) is 19.6. The Morgan fingerprint density at radius 2 is 0.612 bits per heavy atom. The van der Waals surface area contributed by atoms with Gasteiger partial charge in [-0.25, -0.2) is 14.4 Å². The van der Waals surface area contributed by atoms with Crippen LogP contribution in [0.25, 0.3) is 10.8 Å². The fourth-order valence-electron chi connectivity index (χ4n) is 12.6. The molecule has 29 heteroatoms. The maximum atomic E-state index is 12.6. The zero-order valence-electron chi connectivity index (χ0n) is 71.8. The summed E-state index contributed by atoms with van der Waals surface area (Å²) in [6, 6.07) is 93.0. The highest BCUT2D eigenvalue weighted by atomic mass is 35.5. The number of para-hydroxylation sites is 6. The third kappa shape index (κ3) is 29.6. The van der Waals surface area contributed by atoms with Crippen molar-refractivity contribution >= 4 is 98.3 Å². The minimum absolute atomic E-state index is 0.118. The first-order chi connectivity index (χ1) is 65.3. The molecule has 0 fully saturated rings. The zero-order valence-corrected chi connectivity index (χ0v) is 72.6. The molecule has 5 aromatic heterocycles. The van der Waals surface area contributed by atoms with E-state index in [1.54, 1.807) is 274 Å². The van der Waals surface area contributed by atoms with E-state index in [2.05, 4.69) is 69.7 Å². The number of nitrogens with one attached hydrogen (secondary N) is 5. The molecule has 0 bridgehead atoms. The molecule has 11 aromatic carbocycles. The van der Waals surface area contributed by atoms with Gasteiger partial charge in [-0.1, -0.05) is 169 Å². The molecule has 0 aliphatic carbocycles. The van der Waals surface area contributed by atoms with E-state index in [1.165, 1.54) is 17.5 Å². The van der Waals surface area contributed by atoms with Gasteiger partial charge in [-0.3, -0.25) is 48.9 Å². The molecule has 0 spiro atoms. The van der Waals surface area contributed by atoms with Crippen molar-refractivity contribution in [2.24, 2.45) is 0 Å². The number of hydrogen-bond donors (Lipinski definition) is 8. The number of hydrogen-bond acceptors (Lipinski definition) is 20. The van der Waals surface area contributed by atoms with Gasteiger partial charge in [-0.2, -0.15) is 0 Å². The quantitative estimate of drug-likeness (QED) is 0.0194. The lowest BCUT2D eigenvalue weighted by molar-refractivity contribution is -0.140. The number of halogens is 1. The first kappa shape index (κ1) is 95.2. The summed E-state index contributed by atoms with van der Waals surface area (Å²) in [7, 11) is 0. The predicted molar refractivity (Wildman–Crippen MR) is 508 cm³/mol. The van der Waals surface area contributed by atoms with Crippen LogP contribution in [-0.2, 0) is 42.6 Å². The number of carboxylic acid groups (broad SMARTS) is 3. The summed E-state index contributed by atoms with van der Waals surface area (Å²) >= 11 is 6.14. The smallest absolute Gasteiger partial charge is 0.341 e. The number of anilines is 5. The maximum Gasteiger partial charge on any atom is 0.341 e. The monoisotopic (exact) mass is 1810 g/mol. The number of fused-ring (bicyclic) bond motifs is 1. The molecule has 672 valence electrons. The Hall–Kier alpha value is -17.9. The highest BCUT2D eigenvalue weighted by Gasteiger charge is 2.21. The van der Waals surface area contributed by atoms with Crippen LogP contribution in [0.3, 0.4) is 0 Å². The number of carbonyl (C=O) groups excluding carboxylic acids is 5. The van der Waals surface area contributed by atoms with Crippen LogP contribution in [-0.4, -0.2) is 101 Å². The van der Waals surface area contributed by atoms with Crippen molar-refractivity contribution in [1.29, 1.82) is 0 Å². The summed E-state index contributed by atoms with van der Waals surface area (Å²) < 4.78 is 39.7. The molecular formula is C105H87ClN10O18. The number of carbonyl (C=O) groups is 8. The van der Waals surface area contributed by atoms with Crippen LogP contribution in [0.15, 0.2) is 377 Å². The largest absolute Gasteiger partial charge is 0.488 e. The number of aromatic carboxylic acids is 1. The van der Waals surface area contributed by atoms with Gasteiger partial charge in [-0.05, 0) is 203 Å². The Bertz CT molecular complexity index is 6630. The fourth-order valence-corrected chi connectivity index (χ4v) is 12.8. The Labute approximate surface area is 774 Å². The second-order valence-corrected chi connectivity index (χ2v) is 29.1. The minimum Gasteiger partial charge on any atom is -0.488 e. The minimum atomic E-state index is -1.06. The van der Waals surface area contributed by atoms with Gasteiger partial charge < -0.3 is 75.1 Å². The number of pyridine rings is 5. The van der Waals surface area contributed by atoms with Gasteiger partial charge in [0.15, 0.2) is 13.2 Å². The molecule has 28 nitrogen and oxygen atoms in total. The van der Waals surface area contributed by atoms with Crippen molar-refractivity contribution in [3.63, 3.8) is 0 Å². The van der Waals surface area contributed by atoms with E-state index in [0.717, 1.165) is 33.2 Å². The van der Waals surface area contributed by atoms with Crippen LogP contribution in [0.4, 0.5) is 28.4 Å². The molecule has 16 rings (SSSR count). The van der Waals surface area contributed by atoms with Gasteiger partial charge in [0.2, 0.25) is 0 Å². The number of ether oxygens (including phenoxy) is 7. The molecule has 5 amide bonds. The summed E-state index contributed by atoms with van der Waals surface area (Å²) in [6.45, 7) is 2.35. The molecule has 0 unspecified atom stereocenters. The van der Waals surface area contributed by atoms with E-state index in [1.807, 2.05) is 79.7 Å². The van der Waals surface area contributed by atoms with Gasteiger partial charge >= 0.3 is 17.9 Å². The lowest BCUT2D eigenvalue weighted by Crippen LogP contribution is -2.14. The van der Waals surface area contributed by atoms with Crippen molar-refractivity contribution in [1.82, 2.24) is 24.9 Å². The number of carboxylic acids is 3. The van der Waals surface area contributed by atoms with Crippen molar-refractivity contribution in [3.05, 3.63) is 449 Å². The average Bonchev–Trinajstić information content (AvgIpc) is 0.851. The Balaban J connectivity index is 0.000000151. The van der Waals surface area contributed by atoms with E-state index in [9.17, 15) is 38.4 Å². The molecule has 0 aliphatic heterocycles. The number of rotatable bonds is 32. The second-order valence-electron chi connectivity index (χ2n) is 28.7. The van der Waals surface area contributed by atoms with Crippen molar-refractivity contribution in [3.8, 4) is 40.2 Å². The van der Waals surface area contributed by atoms with Crippen molar-refractivity contribution in [2.45, 2.75) is 40.0 Å². The number of aliphatic carboxylic acids is 2. The highest BCUT2D eigenvalue weighted by molar-refractivity contribution is 6.31.